The average molecular weight is 346 g/mol. The van der Waals surface area contributed by atoms with Crippen LogP contribution in [0.25, 0.3) is 0 Å². The van der Waals surface area contributed by atoms with E-state index in [1.807, 2.05) is 18.4 Å². The SMILES string of the molecule is COC(=O)c1cn([C@H]2CCCN(C(=O)c3cn(C(C)C)cn3)C2)nn1. The molecule has 1 aliphatic rings. The molecular formula is C16H22N6O3. The van der Waals surface area contributed by atoms with E-state index in [4.69, 9.17) is 0 Å². The number of amides is 1. The summed E-state index contributed by atoms with van der Waals surface area (Å²) in [5.74, 6) is -0.605. The fraction of sp³-hybridized carbons (Fsp3) is 0.562. The van der Waals surface area contributed by atoms with Gasteiger partial charge < -0.3 is 14.2 Å². The predicted octanol–water partition coefficient (Wildman–Crippen LogP) is 1.32. The summed E-state index contributed by atoms with van der Waals surface area (Å²) in [5, 5.41) is 7.84. The first-order valence-corrected chi connectivity index (χ1v) is 8.32. The van der Waals surface area contributed by atoms with Gasteiger partial charge in [-0.2, -0.15) is 0 Å². The van der Waals surface area contributed by atoms with Crippen molar-refractivity contribution in [3.8, 4) is 0 Å². The maximum absolute atomic E-state index is 12.7. The molecule has 25 heavy (non-hydrogen) atoms. The number of carbonyl (C=O) groups excluding carboxylic acids is 2. The van der Waals surface area contributed by atoms with Crippen molar-refractivity contribution < 1.29 is 14.3 Å². The second kappa shape index (κ2) is 7.04. The molecule has 0 aromatic carbocycles. The molecule has 0 bridgehead atoms. The molecular weight excluding hydrogens is 324 g/mol. The van der Waals surface area contributed by atoms with Gasteiger partial charge in [0.25, 0.3) is 5.91 Å². The first kappa shape index (κ1) is 17.1. The molecule has 2 aromatic heterocycles. The van der Waals surface area contributed by atoms with Gasteiger partial charge in [-0.3, -0.25) is 4.79 Å². The fourth-order valence-electron chi connectivity index (χ4n) is 2.90. The van der Waals surface area contributed by atoms with Crippen LogP contribution in [0.15, 0.2) is 18.7 Å². The molecule has 1 atom stereocenters. The molecule has 9 heteroatoms. The summed E-state index contributed by atoms with van der Waals surface area (Å²) in [4.78, 5) is 30.2. The minimum atomic E-state index is -0.519. The first-order valence-electron chi connectivity index (χ1n) is 8.32. The summed E-state index contributed by atoms with van der Waals surface area (Å²) >= 11 is 0. The smallest absolute Gasteiger partial charge is 0.360 e. The Kier molecular flexibility index (Phi) is 4.82. The van der Waals surface area contributed by atoms with E-state index >= 15 is 0 Å². The molecule has 1 saturated heterocycles. The number of likely N-dealkylation sites (tertiary alicyclic amines) is 1. The number of rotatable bonds is 4. The normalized spacial score (nSPS) is 17.8. The lowest BCUT2D eigenvalue weighted by molar-refractivity contribution is 0.0592. The molecule has 2 aromatic rings. The Morgan fingerprint density at radius 2 is 2.08 bits per heavy atom. The van der Waals surface area contributed by atoms with Gasteiger partial charge in [-0.15, -0.1) is 5.10 Å². The van der Waals surface area contributed by atoms with Gasteiger partial charge in [-0.25, -0.2) is 14.5 Å². The van der Waals surface area contributed by atoms with Crippen LogP contribution in [-0.4, -0.2) is 61.5 Å². The highest BCUT2D eigenvalue weighted by Gasteiger charge is 2.28. The zero-order valence-corrected chi connectivity index (χ0v) is 14.6. The number of methoxy groups -OCH3 is 1. The predicted molar refractivity (Wildman–Crippen MR) is 88.1 cm³/mol. The first-order chi connectivity index (χ1) is 12.0. The zero-order valence-electron chi connectivity index (χ0n) is 14.6. The molecule has 0 unspecified atom stereocenters. The van der Waals surface area contributed by atoms with Crippen LogP contribution in [0.5, 0.6) is 0 Å². The maximum atomic E-state index is 12.7. The Hall–Kier alpha value is -2.71. The minimum absolute atomic E-state index is 0.0178. The van der Waals surface area contributed by atoms with Gasteiger partial charge in [0.15, 0.2) is 5.69 Å². The maximum Gasteiger partial charge on any atom is 0.360 e. The number of hydrogen-bond donors (Lipinski definition) is 0. The number of carbonyl (C=O) groups is 2. The number of piperidine rings is 1. The Morgan fingerprint density at radius 1 is 1.28 bits per heavy atom. The molecule has 0 radical (unpaired) electrons. The summed E-state index contributed by atoms with van der Waals surface area (Å²) in [5.41, 5.74) is 0.616. The van der Waals surface area contributed by atoms with Gasteiger partial charge in [0.1, 0.15) is 5.69 Å². The lowest BCUT2D eigenvalue weighted by Gasteiger charge is -2.32. The summed E-state index contributed by atoms with van der Waals surface area (Å²) in [6, 6.07) is 0.242. The van der Waals surface area contributed by atoms with Crippen molar-refractivity contribution >= 4 is 11.9 Å². The van der Waals surface area contributed by atoms with E-state index in [9.17, 15) is 9.59 Å². The van der Waals surface area contributed by atoms with Gasteiger partial charge in [0.2, 0.25) is 0 Å². The van der Waals surface area contributed by atoms with Gasteiger partial charge in [0.05, 0.1) is 25.7 Å². The van der Waals surface area contributed by atoms with Crippen LogP contribution < -0.4 is 0 Å². The van der Waals surface area contributed by atoms with E-state index in [2.05, 4.69) is 20.0 Å². The Bertz CT molecular complexity index is 766. The van der Waals surface area contributed by atoms with Crippen molar-refractivity contribution in [2.24, 2.45) is 0 Å². The van der Waals surface area contributed by atoms with Gasteiger partial charge in [0, 0.05) is 25.3 Å². The van der Waals surface area contributed by atoms with Gasteiger partial charge >= 0.3 is 5.97 Å². The fourth-order valence-corrected chi connectivity index (χ4v) is 2.90. The van der Waals surface area contributed by atoms with E-state index in [-0.39, 0.29) is 23.7 Å². The second-order valence-electron chi connectivity index (χ2n) is 6.42. The van der Waals surface area contributed by atoms with Crippen molar-refractivity contribution in [3.05, 3.63) is 30.1 Å². The monoisotopic (exact) mass is 346 g/mol. The topological polar surface area (TPSA) is 95.1 Å². The van der Waals surface area contributed by atoms with Crippen molar-refractivity contribution in [2.75, 3.05) is 20.2 Å². The number of hydrogen-bond acceptors (Lipinski definition) is 6. The van der Waals surface area contributed by atoms with Crippen LogP contribution >= 0.6 is 0 Å². The largest absolute Gasteiger partial charge is 0.464 e. The highest BCUT2D eigenvalue weighted by Crippen LogP contribution is 2.22. The summed E-state index contributed by atoms with van der Waals surface area (Å²) in [6.07, 6.45) is 6.75. The van der Waals surface area contributed by atoms with Gasteiger partial charge in [-0.1, -0.05) is 5.21 Å². The molecule has 134 valence electrons. The molecule has 1 aliphatic heterocycles. The number of esters is 1. The van der Waals surface area contributed by atoms with Crippen LogP contribution in [0.3, 0.4) is 0 Å². The van der Waals surface area contributed by atoms with Crippen molar-refractivity contribution in [1.29, 1.82) is 0 Å². The van der Waals surface area contributed by atoms with E-state index in [0.29, 0.717) is 18.8 Å². The number of aromatic nitrogens is 5. The third kappa shape index (κ3) is 3.54. The van der Waals surface area contributed by atoms with E-state index in [1.54, 1.807) is 28.3 Å². The Balaban J connectivity index is 1.71. The Morgan fingerprint density at radius 3 is 2.76 bits per heavy atom. The lowest BCUT2D eigenvalue weighted by Crippen LogP contribution is -2.41. The van der Waals surface area contributed by atoms with E-state index in [1.165, 1.54) is 7.11 Å². The molecule has 0 aliphatic carbocycles. The second-order valence-corrected chi connectivity index (χ2v) is 6.42. The third-order valence-electron chi connectivity index (χ3n) is 4.38. The molecule has 3 rings (SSSR count). The molecule has 3 heterocycles. The lowest BCUT2D eigenvalue weighted by atomic mass is 10.1. The molecule has 1 amide bonds. The van der Waals surface area contributed by atoms with E-state index in [0.717, 1.165) is 12.8 Å². The molecule has 0 spiro atoms. The highest BCUT2D eigenvalue weighted by atomic mass is 16.5. The number of nitrogens with zero attached hydrogens (tertiary/aromatic N) is 6. The Labute approximate surface area is 145 Å². The van der Waals surface area contributed by atoms with Crippen molar-refractivity contribution in [3.63, 3.8) is 0 Å². The van der Waals surface area contributed by atoms with Crippen LogP contribution in [-0.2, 0) is 4.74 Å². The molecule has 0 N–H and O–H groups in total. The molecule has 1 fully saturated rings. The average Bonchev–Trinajstić information content (AvgIpc) is 3.30. The molecule has 0 saturated carbocycles. The van der Waals surface area contributed by atoms with Crippen LogP contribution in [0.4, 0.5) is 0 Å². The summed E-state index contributed by atoms with van der Waals surface area (Å²) in [6.45, 7) is 5.27. The van der Waals surface area contributed by atoms with E-state index < -0.39 is 5.97 Å². The summed E-state index contributed by atoms with van der Waals surface area (Å²) < 4.78 is 8.19. The van der Waals surface area contributed by atoms with Crippen LogP contribution in [0.2, 0.25) is 0 Å². The van der Waals surface area contributed by atoms with Crippen LogP contribution in [0, 0.1) is 0 Å². The quantitative estimate of drug-likeness (QED) is 0.775. The van der Waals surface area contributed by atoms with Gasteiger partial charge in [-0.05, 0) is 26.7 Å². The van der Waals surface area contributed by atoms with Crippen molar-refractivity contribution in [2.45, 2.75) is 38.8 Å². The summed E-state index contributed by atoms with van der Waals surface area (Å²) in [7, 11) is 1.30. The molecule has 9 nitrogen and oxygen atoms in total. The highest BCUT2D eigenvalue weighted by molar-refractivity contribution is 5.92. The van der Waals surface area contributed by atoms with Crippen molar-refractivity contribution in [1.82, 2.24) is 29.4 Å². The zero-order chi connectivity index (χ0) is 18.0. The standard InChI is InChI=1S/C16H22N6O3/c1-11(2)21-8-13(17-10-21)15(23)20-6-4-5-12(7-20)22-9-14(18-19-22)16(24)25-3/h8-12H,4-7H2,1-3H3/t12-/m0/s1. The number of imidazole rings is 1. The van der Waals surface area contributed by atoms with Crippen LogP contribution in [0.1, 0.15) is 59.7 Å². The minimum Gasteiger partial charge on any atom is -0.464 e. The number of ether oxygens (including phenoxy) is 1. The third-order valence-corrected chi connectivity index (χ3v) is 4.38.